The molecule has 0 radical (unpaired) electrons. The molecule has 1 unspecified atom stereocenters. The molecule has 1 atom stereocenters. The first-order valence-corrected chi connectivity index (χ1v) is 6.19. The van der Waals surface area contributed by atoms with Gasteiger partial charge >= 0.3 is 0 Å². The van der Waals surface area contributed by atoms with Gasteiger partial charge in [-0.1, -0.05) is 13.8 Å². The molecule has 1 rings (SSSR count). The van der Waals surface area contributed by atoms with Gasteiger partial charge in [-0.05, 0) is 18.4 Å². The van der Waals surface area contributed by atoms with E-state index < -0.39 is 39.8 Å². The number of aryl methyl sites for hydroxylation is 1. The predicted molar refractivity (Wildman–Crippen MR) is 73.1 cm³/mol. The number of nitrogens with zero attached hydrogens (tertiary/aromatic N) is 1. The Bertz CT molecular complexity index is 601. The zero-order chi connectivity index (χ0) is 16.3. The molecule has 21 heavy (non-hydrogen) atoms. The summed E-state index contributed by atoms with van der Waals surface area (Å²) in [4.78, 5) is 33.3. The second kappa shape index (κ2) is 6.29. The number of halogens is 1. The molecule has 0 saturated carbocycles. The van der Waals surface area contributed by atoms with Crippen molar-refractivity contribution >= 4 is 17.5 Å². The second-order valence-electron chi connectivity index (χ2n) is 4.98. The molecule has 0 saturated heterocycles. The zero-order valence-electron chi connectivity index (χ0n) is 11.8. The second-order valence-corrected chi connectivity index (χ2v) is 4.98. The van der Waals surface area contributed by atoms with Crippen LogP contribution in [0.2, 0.25) is 0 Å². The molecular formula is C13H16FN3O4. The highest BCUT2D eigenvalue weighted by atomic mass is 19.1. The van der Waals surface area contributed by atoms with E-state index in [9.17, 15) is 24.1 Å². The average molecular weight is 297 g/mol. The number of non-ortho nitro benzene ring substituents is 1. The number of nitrogens with two attached hydrogens (primary N) is 1. The van der Waals surface area contributed by atoms with Crippen LogP contribution in [-0.2, 0) is 4.79 Å². The van der Waals surface area contributed by atoms with E-state index in [1.807, 2.05) is 0 Å². The molecule has 0 aliphatic carbocycles. The van der Waals surface area contributed by atoms with Crippen molar-refractivity contribution in [3.63, 3.8) is 0 Å². The van der Waals surface area contributed by atoms with Gasteiger partial charge in [0, 0.05) is 12.1 Å². The van der Waals surface area contributed by atoms with Gasteiger partial charge in [0.25, 0.3) is 11.6 Å². The summed E-state index contributed by atoms with van der Waals surface area (Å²) in [6.45, 7) is 4.63. The van der Waals surface area contributed by atoms with Gasteiger partial charge in [0.2, 0.25) is 5.91 Å². The van der Waals surface area contributed by atoms with Gasteiger partial charge in [-0.15, -0.1) is 0 Å². The number of primary amides is 1. The van der Waals surface area contributed by atoms with Crippen molar-refractivity contribution in [2.45, 2.75) is 26.8 Å². The third-order valence-electron chi connectivity index (χ3n) is 2.95. The van der Waals surface area contributed by atoms with Crippen molar-refractivity contribution in [1.82, 2.24) is 5.32 Å². The largest absolute Gasteiger partial charge is 0.368 e. The number of nitro benzene ring substituents is 1. The summed E-state index contributed by atoms with van der Waals surface area (Å²) in [5.41, 5.74) is 4.23. The summed E-state index contributed by atoms with van der Waals surface area (Å²) in [6, 6.07) is 0.868. The van der Waals surface area contributed by atoms with Gasteiger partial charge < -0.3 is 11.1 Å². The van der Waals surface area contributed by atoms with Crippen LogP contribution in [0.4, 0.5) is 10.1 Å². The van der Waals surface area contributed by atoms with E-state index in [4.69, 9.17) is 5.73 Å². The Morgan fingerprint density at radius 3 is 2.38 bits per heavy atom. The summed E-state index contributed by atoms with van der Waals surface area (Å²) in [5, 5.41) is 13.0. The number of hydrogen-bond donors (Lipinski definition) is 2. The molecule has 1 aromatic rings. The molecule has 8 heteroatoms. The molecule has 1 aromatic carbocycles. The SMILES string of the molecule is Cc1cc([N+](=O)[O-])cc(C(=O)NC(C(N)=O)C(C)C)c1F. The van der Waals surface area contributed by atoms with Crippen molar-refractivity contribution < 1.29 is 18.9 Å². The lowest BCUT2D eigenvalue weighted by Crippen LogP contribution is -2.47. The van der Waals surface area contributed by atoms with E-state index >= 15 is 0 Å². The molecule has 0 aliphatic rings. The van der Waals surface area contributed by atoms with E-state index in [-0.39, 0.29) is 11.5 Å². The predicted octanol–water partition coefficient (Wildman–Crippen LogP) is 1.28. The molecule has 0 aliphatic heterocycles. The Labute approximate surface area is 120 Å². The monoisotopic (exact) mass is 297 g/mol. The summed E-state index contributed by atoms with van der Waals surface area (Å²) in [7, 11) is 0. The molecule has 0 heterocycles. The molecule has 0 bridgehead atoms. The molecule has 2 amide bonds. The molecular weight excluding hydrogens is 281 g/mol. The van der Waals surface area contributed by atoms with E-state index in [0.717, 1.165) is 12.1 Å². The number of amides is 2. The summed E-state index contributed by atoms with van der Waals surface area (Å²) in [6.07, 6.45) is 0. The van der Waals surface area contributed by atoms with Gasteiger partial charge in [0.1, 0.15) is 11.9 Å². The van der Waals surface area contributed by atoms with Crippen LogP contribution < -0.4 is 11.1 Å². The topological polar surface area (TPSA) is 115 Å². The van der Waals surface area contributed by atoms with Crippen LogP contribution >= 0.6 is 0 Å². The third-order valence-corrected chi connectivity index (χ3v) is 2.95. The van der Waals surface area contributed by atoms with Gasteiger partial charge in [0.05, 0.1) is 10.5 Å². The number of nitrogens with one attached hydrogen (secondary N) is 1. The number of carbonyl (C=O) groups is 2. The van der Waals surface area contributed by atoms with Gasteiger partial charge in [-0.3, -0.25) is 19.7 Å². The van der Waals surface area contributed by atoms with Crippen LogP contribution in [0.5, 0.6) is 0 Å². The fraction of sp³-hybridized carbons (Fsp3) is 0.385. The number of benzene rings is 1. The Hall–Kier alpha value is -2.51. The lowest BCUT2D eigenvalue weighted by Gasteiger charge is -2.19. The maximum Gasteiger partial charge on any atom is 0.270 e. The lowest BCUT2D eigenvalue weighted by molar-refractivity contribution is -0.385. The first kappa shape index (κ1) is 16.5. The average Bonchev–Trinajstić information content (AvgIpc) is 2.37. The van der Waals surface area contributed by atoms with Crippen LogP contribution in [0, 0.1) is 28.8 Å². The lowest BCUT2D eigenvalue weighted by atomic mass is 10.0. The third kappa shape index (κ3) is 3.74. The quantitative estimate of drug-likeness (QED) is 0.629. The van der Waals surface area contributed by atoms with E-state index in [1.165, 1.54) is 6.92 Å². The van der Waals surface area contributed by atoms with Crippen molar-refractivity contribution in [3.05, 3.63) is 39.2 Å². The maximum absolute atomic E-state index is 13.9. The van der Waals surface area contributed by atoms with Crippen LogP contribution in [0.1, 0.15) is 29.8 Å². The summed E-state index contributed by atoms with van der Waals surface area (Å²) in [5.74, 6) is -2.85. The summed E-state index contributed by atoms with van der Waals surface area (Å²) >= 11 is 0. The zero-order valence-corrected chi connectivity index (χ0v) is 11.8. The molecule has 7 nitrogen and oxygen atoms in total. The van der Waals surface area contributed by atoms with Crippen molar-refractivity contribution in [3.8, 4) is 0 Å². The standard InChI is InChI=1S/C13H16FN3O4/c1-6(2)11(12(15)18)16-13(19)9-5-8(17(20)21)4-7(3)10(9)14/h4-6,11H,1-3H3,(H2,15,18)(H,16,19). The van der Waals surface area contributed by atoms with Gasteiger partial charge in [0.15, 0.2) is 0 Å². The first-order chi connectivity index (χ1) is 9.65. The Balaban J connectivity index is 3.18. The highest BCUT2D eigenvalue weighted by Crippen LogP contribution is 2.21. The van der Waals surface area contributed by atoms with Crippen molar-refractivity contribution in [2.24, 2.45) is 11.7 Å². The molecule has 114 valence electrons. The number of carbonyl (C=O) groups excluding carboxylic acids is 2. The number of hydrogen-bond acceptors (Lipinski definition) is 4. The van der Waals surface area contributed by atoms with Gasteiger partial charge in [-0.2, -0.15) is 0 Å². The molecule has 0 fully saturated rings. The van der Waals surface area contributed by atoms with Crippen LogP contribution in [-0.4, -0.2) is 22.8 Å². The normalized spacial score (nSPS) is 12.0. The fourth-order valence-corrected chi connectivity index (χ4v) is 1.81. The Morgan fingerprint density at radius 1 is 1.38 bits per heavy atom. The number of rotatable bonds is 5. The maximum atomic E-state index is 13.9. The minimum absolute atomic E-state index is 0.0329. The molecule has 3 N–H and O–H groups in total. The van der Waals surface area contributed by atoms with Crippen LogP contribution in [0.3, 0.4) is 0 Å². The van der Waals surface area contributed by atoms with E-state index in [2.05, 4.69) is 5.32 Å². The molecule has 0 aromatic heterocycles. The van der Waals surface area contributed by atoms with Crippen LogP contribution in [0.15, 0.2) is 12.1 Å². The van der Waals surface area contributed by atoms with Gasteiger partial charge in [-0.25, -0.2) is 4.39 Å². The fourth-order valence-electron chi connectivity index (χ4n) is 1.81. The molecule has 0 spiro atoms. The highest BCUT2D eigenvalue weighted by molar-refractivity contribution is 5.98. The minimum Gasteiger partial charge on any atom is -0.368 e. The Kier molecular flexibility index (Phi) is 4.96. The Morgan fingerprint density at radius 2 is 1.95 bits per heavy atom. The summed E-state index contributed by atoms with van der Waals surface area (Å²) < 4.78 is 13.9. The van der Waals surface area contributed by atoms with Crippen LogP contribution in [0.25, 0.3) is 0 Å². The smallest absolute Gasteiger partial charge is 0.270 e. The highest BCUT2D eigenvalue weighted by Gasteiger charge is 2.25. The van der Waals surface area contributed by atoms with E-state index in [0.29, 0.717) is 0 Å². The van der Waals surface area contributed by atoms with E-state index in [1.54, 1.807) is 13.8 Å². The number of nitro groups is 1. The van der Waals surface area contributed by atoms with Crippen molar-refractivity contribution in [1.29, 1.82) is 0 Å². The minimum atomic E-state index is -0.989. The first-order valence-electron chi connectivity index (χ1n) is 6.19. The van der Waals surface area contributed by atoms with Crippen molar-refractivity contribution in [2.75, 3.05) is 0 Å².